The molecule has 22 heavy (non-hydrogen) atoms. The summed E-state index contributed by atoms with van der Waals surface area (Å²) in [5, 5.41) is 12.0. The van der Waals surface area contributed by atoms with Gasteiger partial charge < -0.3 is 14.6 Å². The zero-order valence-electron chi connectivity index (χ0n) is 12.9. The number of hydrogen-bond donors (Lipinski definition) is 1. The van der Waals surface area contributed by atoms with E-state index < -0.39 is 0 Å². The van der Waals surface area contributed by atoms with Crippen molar-refractivity contribution in [3.05, 3.63) is 54.1 Å². The third kappa shape index (κ3) is 2.35. The number of rotatable bonds is 3. The summed E-state index contributed by atoms with van der Waals surface area (Å²) in [7, 11) is 3.28. The van der Waals surface area contributed by atoms with Gasteiger partial charge in [-0.25, -0.2) is 0 Å². The second kappa shape index (κ2) is 5.60. The lowest BCUT2D eigenvalue weighted by atomic mass is 9.93. The number of phenolic OH excluding ortho intramolecular Hbond substituents is 1. The number of aromatic hydroxyl groups is 1. The van der Waals surface area contributed by atoms with Crippen LogP contribution in [-0.4, -0.2) is 19.3 Å². The molecule has 3 nitrogen and oxygen atoms in total. The van der Waals surface area contributed by atoms with Crippen LogP contribution in [0.25, 0.3) is 21.9 Å². The Morgan fingerprint density at radius 2 is 1.41 bits per heavy atom. The summed E-state index contributed by atoms with van der Waals surface area (Å²) in [6, 6.07) is 15.5. The first-order valence-electron chi connectivity index (χ1n) is 7.09. The van der Waals surface area contributed by atoms with E-state index in [9.17, 15) is 5.11 Å². The second-order valence-corrected chi connectivity index (χ2v) is 5.23. The number of ether oxygens (including phenoxy) is 2. The molecule has 3 rings (SSSR count). The maximum atomic E-state index is 10.2. The van der Waals surface area contributed by atoms with Gasteiger partial charge in [-0.3, -0.25) is 0 Å². The Labute approximate surface area is 129 Å². The summed E-state index contributed by atoms with van der Waals surface area (Å²) in [5.74, 6) is 1.82. The van der Waals surface area contributed by atoms with Crippen molar-refractivity contribution in [1.29, 1.82) is 0 Å². The Morgan fingerprint density at radius 3 is 2.05 bits per heavy atom. The first-order valence-corrected chi connectivity index (χ1v) is 7.09. The van der Waals surface area contributed by atoms with Gasteiger partial charge in [-0.05, 0) is 65.4 Å². The van der Waals surface area contributed by atoms with Crippen LogP contribution in [-0.2, 0) is 0 Å². The molecule has 3 aromatic carbocycles. The molecule has 0 spiro atoms. The Hall–Kier alpha value is -2.68. The van der Waals surface area contributed by atoms with Crippen LogP contribution >= 0.6 is 0 Å². The van der Waals surface area contributed by atoms with Crippen LogP contribution in [0.15, 0.2) is 48.5 Å². The van der Waals surface area contributed by atoms with Crippen LogP contribution in [0.5, 0.6) is 17.2 Å². The van der Waals surface area contributed by atoms with Gasteiger partial charge in [-0.15, -0.1) is 0 Å². The van der Waals surface area contributed by atoms with Crippen molar-refractivity contribution in [3.63, 3.8) is 0 Å². The van der Waals surface area contributed by atoms with Gasteiger partial charge >= 0.3 is 0 Å². The smallest absolute Gasteiger partial charge is 0.123 e. The lowest BCUT2D eigenvalue weighted by Gasteiger charge is -2.14. The molecule has 0 aromatic heterocycles. The molecule has 0 amide bonds. The Balaban J connectivity index is 2.27. The second-order valence-electron chi connectivity index (χ2n) is 5.23. The highest BCUT2D eigenvalue weighted by Crippen LogP contribution is 2.38. The zero-order valence-corrected chi connectivity index (χ0v) is 12.9. The largest absolute Gasteiger partial charge is 0.507 e. The average Bonchev–Trinajstić information content (AvgIpc) is 2.55. The Bertz CT molecular complexity index is 820. The van der Waals surface area contributed by atoms with E-state index in [0.717, 1.165) is 39.0 Å². The van der Waals surface area contributed by atoms with Gasteiger partial charge in [0, 0.05) is 5.39 Å². The first-order chi connectivity index (χ1) is 10.6. The van der Waals surface area contributed by atoms with Crippen molar-refractivity contribution in [1.82, 2.24) is 0 Å². The quantitative estimate of drug-likeness (QED) is 0.771. The maximum Gasteiger partial charge on any atom is 0.123 e. The van der Waals surface area contributed by atoms with Crippen LogP contribution < -0.4 is 9.47 Å². The van der Waals surface area contributed by atoms with E-state index in [1.54, 1.807) is 20.3 Å². The van der Waals surface area contributed by atoms with Crippen LogP contribution in [0.2, 0.25) is 0 Å². The fourth-order valence-electron chi connectivity index (χ4n) is 2.79. The maximum absolute atomic E-state index is 10.2. The number of methoxy groups -OCH3 is 2. The molecule has 0 aliphatic heterocycles. The molecular weight excluding hydrogens is 276 g/mol. The molecule has 0 radical (unpaired) electrons. The van der Waals surface area contributed by atoms with Gasteiger partial charge in [0.1, 0.15) is 17.2 Å². The predicted molar refractivity (Wildman–Crippen MR) is 88.9 cm³/mol. The lowest BCUT2D eigenvalue weighted by Crippen LogP contribution is -1.90. The van der Waals surface area contributed by atoms with E-state index in [-0.39, 0.29) is 5.75 Å². The minimum absolute atomic E-state index is 0.267. The molecule has 0 unspecified atom stereocenters. The van der Waals surface area contributed by atoms with Gasteiger partial charge in [0.2, 0.25) is 0 Å². The highest BCUT2D eigenvalue weighted by Gasteiger charge is 2.12. The molecular formula is C19H18O3. The molecule has 0 bridgehead atoms. The SMILES string of the molecule is COc1ccc(-c2c(C)cc(O)c3cc(OC)ccc23)cc1. The van der Waals surface area contributed by atoms with E-state index in [1.165, 1.54) is 0 Å². The summed E-state index contributed by atoms with van der Waals surface area (Å²) < 4.78 is 10.5. The van der Waals surface area contributed by atoms with E-state index >= 15 is 0 Å². The summed E-state index contributed by atoms with van der Waals surface area (Å²) in [5.41, 5.74) is 3.23. The minimum Gasteiger partial charge on any atom is -0.507 e. The van der Waals surface area contributed by atoms with Crippen LogP contribution in [0.4, 0.5) is 0 Å². The van der Waals surface area contributed by atoms with E-state index in [0.29, 0.717) is 0 Å². The van der Waals surface area contributed by atoms with Crippen LogP contribution in [0.1, 0.15) is 5.56 Å². The van der Waals surface area contributed by atoms with Crippen molar-refractivity contribution in [3.8, 4) is 28.4 Å². The topological polar surface area (TPSA) is 38.7 Å². The van der Waals surface area contributed by atoms with E-state index in [2.05, 4.69) is 0 Å². The van der Waals surface area contributed by atoms with Gasteiger partial charge in [0.25, 0.3) is 0 Å². The number of hydrogen-bond acceptors (Lipinski definition) is 3. The fraction of sp³-hybridized carbons (Fsp3) is 0.158. The number of aryl methyl sites for hydroxylation is 1. The number of phenols is 1. The third-order valence-electron chi connectivity index (χ3n) is 3.90. The van der Waals surface area contributed by atoms with Crippen LogP contribution in [0, 0.1) is 6.92 Å². The average molecular weight is 294 g/mol. The number of fused-ring (bicyclic) bond motifs is 1. The van der Waals surface area contributed by atoms with Crippen molar-refractivity contribution < 1.29 is 14.6 Å². The molecule has 0 atom stereocenters. The van der Waals surface area contributed by atoms with Crippen molar-refractivity contribution >= 4 is 10.8 Å². The molecule has 0 saturated carbocycles. The fourth-order valence-corrected chi connectivity index (χ4v) is 2.79. The van der Waals surface area contributed by atoms with Gasteiger partial charge in [0.05, 0.1) is 14.2 Å². The third-order valence-corrected chi connectivity index (χ3v) is 3.90. The molecule has 0 fully saturated rings. The summed E-state index contributed by atoms with van der Waals surface area (Å²) in [6.45, 7) is 2.00. The molecule has 112 valence electrons. The minimum atomic E-state index is 0.267. The van der Waals surface area contributed by atoms with E-state index in [1.807, 2.05) is 49.4 Å². The number of benzene rings is 3. The molecule has 0 saturated heterocycles. The van der Waals surface area contributed by atoms with E-state index in [4.69, 9.17) is 9.47 Å². The summed E-state index contributed by atoms with van der Waals surface area (Å²) in [4.78, 5) is 0. The summed E-state index contributed by atoms with van der Waals surface area (Å²) in [6.07, 6.45) is 0. The van der Waals surface area contributed by atoms with Crippen LogP contribution in [0.3, 0.4) is 0 Å². The molecule has 0 heterocycles. The van der Waals surface area contributed by atoms with Gasteiger partial charge in [-0.1, -0.05) is 12.1 Å². The normalized spacial score (nSPS) is 10.7. The highest BCUT2D eigenvalue weighted by atomic mass is 16.5. The molecule has 3 aromatic rings. The molecule has 3 heteroatoms. The molecule has 0 aliphatic carbocycles. The van der Waals surface area contributed by atoms with Crippen molar-refractivity contribution in [2.45, 2.75) is 6.92 Å². The lowest BCUT2D eigenvalue weighted by molar-refractivity contribution is 0.415. The Morgan fingerprint density at radius 1 is 0.773 bits per heavy atom. The van der Waals surface area contributed by atoms with Crippen molar-refractivity contribution in [2.24, 2.45) is 0 Å². The Kier molecular flexibility index (Phi) is 3.63. The first kappa shape index (κ1) is 14.3. The zero-order chi connectivity index (χ0) is 15.7. The molecule has 1 N–H and O–H groups in total. The van der Waals surface area contributed by atoms with Gasteiger partial charge in [0.15, 0.2) is 0 Å². The standard InChI is InChI=1S/C19H18O3/c1-12-10-18(20)17-11-15(22-3)8-9-16(17)19(12)13-4-6-14(21-2)7-5-13/h4-11,20H,1-3H3. The van der Waals surface area contributed by atoms with Crippen molar-refractivity contribution in [2.75, 3.05) is 14.2 Å². The van der Waals surface area contributed by atoms with Gasteiger partial charge in [-0.2, -0.15) is 0 Å². The monoisotopic (exact) mass is 294 g/mol. The summed E-state index contributed by atoms with van der Waals surface area (Å²) >= 11 is 0. The predicted octanol–water partition coefficient (Wildman–Crippen LogP) is 4.54. The molecule has 0 aliphatic rings. The highest BCUT2D eigenvalue weighted by molar-refractivity contribution is 6.02.